The van der Waals surface area contributed by atoms with Crippen LogP contribution in [0, 0.1) is 6.92 Å². The number of carbonyl (C=O) groups is 2. The van der Waals surface area contributed by atoms with Crippen molar-refractivity contribution in [2.24, 2.45) is 0 Å². The van der Waals surface area contributed by atoms with Gasteiger partial charge in [0.15, 0.2) is 0 Å². The highest BCUT2D eigenvalue weighted by Gasteiger charge is 2.10. The maximum Gasteiger partial charge on any atom is 0.251 e. The molecule has 2 amide bonds. The summed E-state index contributed by atoms with van der Waals surface area (Å²) in [6.45, 7) is 1.72. The molecule has 0 fully saturated rings. The molecule has 5 nitrogen and oxygen atoms in total. The van der Waals surface area contributed by atoms with Gasteiger partial charge in [-0.3, -0.25) is 13.8 Å². The average Bonchev–Trinajstić information content (AvgIpc) is 2.55. The lowest BCUT2D eigenvalue weighted by Crippen LogP contribution is -2.32. The molecular weight excluding hydrogens is 348 g/mol. The van der Waals surface area contributed by atoms with Gasteiger partial charge in [0.05, 0.1) is 17.3 Å². The first-order chi connectivity index (χ1) is 11.4. The third kappa shape index (κ3) is 4.91. The van der Waals surface area contributed by atoms with Crippen molar-refractivity contribution < 1.29 is 13.8 Å². The van der Waals surface area contributed by atoms with Gasteiger partial charge < -0.3 is 10.6 Å². The van der Waals surface area contributed by atoms with Gasteiger partial charge in [0.1, 0.15) is 0 Å². The average molecular weight is 365 g/mol. The molecule has 0 saturated heterocycles. The van der Waals surface area contributed by atoms with Crippen molar-refractivity contribution in [2.75, 3.05) is 18.1 Å². The molecular formula is C17H17ClN2O3S. The Kier molecular flexibility index (Phi) is 6.11. The van der Waals surface area contributed by atoms with E-state index in [0.717, 1.165) is 5.56 Å². The van der Waals surface area contributed by atoms with E-state index in [1.165, 1.54) is 0 Å². The van der Waals surface area contributed by atoms with E-state index in [1.807, 2.05) is 13.0 Å². The molecule has 0 saturated carbocycles. The van der Waals surface area contributed by atoms with E-state index in [1.54, 1.807) is 42.7 Å². The second-order valence-corrected chi connectivity index (χ2v) is 6.98. The molecule has 0 spiro atoms. The van der Waals surface area contributed by atoms with E-state index in [4.69, 9.17) is 11.6 Å². The van der Waals surface area contributed by atoms with Gasteiger partial charge >= 0.3 is 0 Å². The van der Waals surface area contributed by atoms with E-state index in [2.05, 4.69) is 10.6 Å². The van der Waals surface area contributed by atoms with E-state index < -0.39 is 10.8 Å². The highest BCUT2D eigenvalue weighted by molar-refractivity contribution is 7.84. The fourth-order valence-electron chi connectivity index (χ4n) is 1.98. The van der Waals surface area contributed by atoms with E-state index in [-0.39, 0.29) is 18.4 Å². The minimum absolute atomic E-state index is 0.176. The van der Waals surface area contributed by atoms with Crippen LogP contribution in [0.5, 0.6) is 0 Å². The SMILES string of the molecule is Cc1ccc(NC(=O)CNC(=O)c2ccc(S(C)=O)cc2)c(Cl)c1. The number of nitrogens with one attached hydrogen (secondary N) is 2. The van der Waals surface area contributed by atoms with Gasteiger partial charge in [-0.25, -0.2) is 0 Å². The fraction of sp³-hybridized carbons (Fsp3) is 0.176. The lowest BCUT2D eigenvalue weighted by Gasteiger charge is -2.09. The van der Waals surface area contributed by atoms with E-state index >= 15 is 0 Å². The summed E-state index contributed by atoms with van der Waals surface area (Å²) in [4.78, 5) is 24.5. The van der Waals surface area contributed by atoms with Gasteiger partial charge in [-0.15, -0.1) is 0 Å². The van der Waals surface area contributed by atoms with E-state index in [9.17, 15) is 13.8 Å². The van der Waals surface area contributed by atoms with Crippen molar-refractivity contribution in [1.82, 2.24) is 5.32 Å². The zero-order valence-corrected chi connectivity index (χ0v) is 14.8. The Hall–Kier alpha value is -2.18. The summed E-state index contributed by atoms with van der Waals surface area (Å²) in [6, 6.07) is 11.7. The number of halogens is 1. The van der Waals surface area contributed by atoms with Gasteiger partial charge in [0.2, 0.25) is 5.91 Å². The van der Waals surface area contributed by atoms with E-state index in [0.29, 0.717) is 21.2 Å². The molecule has 0 aliphatic carbocycles. The number of benzene rings is 2. The molecule has 126 valence electrons. The molecule has 0 heterocycles. The Morgan fingerprint density at radius 1 is 1.12 bits per heavy atom. The summed E-state index contributed by atoms with van der Waals surface area (Å²) in [5.74, 6) is -0.756. The smallest absolute Gasteiger partial charge is 0.251 e. The second-order valence-electron chi connectivity index (χ2n) is 5.19. The van der Waals surface area contributed by atoms with Crippen molar-refractivity contribution in [3.63, 3.8) is 0 Å². The minimum Gasteiger partial charge on any atom is -0.343 e. The minimum atomic E-state index is -1.10. The van der Waals surface area contributed by atoms with Crippen molar-refractivity contribution in [2.45, 2.75) is 11.8 Å². The van der Waals surface area contributed by atoms with Gasteiger partial charge in [-0.05, 0) is 48.9 Å². The maximum atomic E-state index is 12.0. The molecule has 0 radical (unpaired) electrons. The summed E-state index contributed by atoms with van der Waals surface area (Å²) < 4.78 is 11.3. The van der Waals surface area contributed by atoms with Gasteiger partial charge in [-0.1, -0.05) is 17.7 Å². The zero-order valence-electron chi connectivity index (χ0n) is 13.3. The first-order valence-electron chi connectivity index (χ1n) is 7.14. The third-order valence-electron chi connectivity index (χ3n) is 3.26. The number of rotatable bonds is 5. The van der Waals surface area contributed by atoms with Crippen molar-refractivity contribution in [3.8, 4) is 0 Å². The molecule has 1 atom stereocenters. The summed E-state index contributed by atoms with van der Waals surface area (Å²) >= 11 is 6.05. The zero-order chi connectivity index (χ0) is 17.7. The molecule has 2 rings (SSSR count). The Balaban J connectivity index is 1.91. The number of amides is 2. The Morgan fingerprint density at radius 3 is 2.38 bits per heavy atom. The highest BCUT2D eigenvalue weighted by Crippen LogP contribution is 2.22. The van der Waals surface area contributed by atoms with Crippen molar-refractivity contribution in [1.29, 1.82) is 0 Å². The summed E-state index contributed by atoms with van der Waals surface area (Å²) in [5, 5.41) is 5.61. The van der Waals surface area contributed by atoms with Crippen LogP contribution >= 0.6 is 11.6 Å². The third-order valence-corrected chi connectivity index (χ3v) is 4.51. The van der Waals surface area contributed by atoms with Crippen LogP contribution in [0.2, 0.25) is 5.02 Å². The van der Waals surface area contributed by atoms with Gasteiger partial charge in [0, 0.05) is 27.5 Å². The van der Waals surface area contributed by atoms with Crippen LogP contribution in [0.4, 0.5) is 5.69 Å². The van der Waals surface area contributed by atoms with Crippen LogP contribution in [0.15, 0.2) is 47.4 Å². The summed E-state index contributed by atoms with van der Waals surface area (Å²) in [5.41, 5.74) is 1.88. The quantitative estimate of drug-likeness (QED) is 0.856. The molecule has 0 aliphatic heterocycles. The van der Waals surface area contributed by atoms with Crippen LogP contribution in [-0.4, -0.2) is 28.8 Å². The molecule has 0 aliphatic rings. The number of aryl methyl sites for hydroxylation is 1. The molecule has 0 bridgehead atoms. The molecule has 7 heteroatoms. The normalized spacial score (nSPS) is 11.6. The molecule has 2 aromatic rings. The predicted molar refractivity (Wildman–Crippen MR) is 95.9 cm³/mol. The first kappa shape index (κ1) is 18.2. The molecule has 24 heavy (non-hydrogen) atoms. The lowest BCUT2D eigenvalue weighted by molar-refractivity contribution is -0.115. The highest BCUT2D eigenvalue weighted by atomic mass is 35.5. The number of hydrogen-bond acceptors (Lipinski definition) is 3. The van der Waals surface area contributed by atoms with Crippen LogP contribution in [0.25, 0.3) is 0 Å². The molecule has 2 N–H and O–H groups in total. The Morgan fingerprint density at radius 2 is 1.79 bits per heavy atom. The van der Waals surface area contributed by atoms with Gasteiger partial charge in [0.25, 0.3) is 5.91 Å². The first-order valence-corrected chi connectivity index (χ1v) is 9.08. The topological polar surface area (TPSA) is 75.3 Å². The van der Waals surface area contributed by atoms with Crippen LogP contribution in [0.3, 0.4) is 0 Å². The van der Waals surface area contributed by atoms with Crippen molar-refractivity contribution in [3.05, 3.63) is 58.6 Å². The lowest BCUT2D eigenvalue weighted by atomic mass is 10.2. The number of anilines is 1. The Labute approximate surface area is 147 Å². The van der Waals surface area contributed by atoms with Crippen molar-refractivity contribution >= 4 is 39.9 Å². The largest absolute Gasteiger partial charge is 0.343 e. The maximum absolute atomic E-state index is 12.0. The fourth-order valence-corrected chi connectivity index (χ4v) is 2.78. The number of carbonyl (C=O) groups excluding carboxylic acids is 2. The Bertz CT molecular complexity index is 791. The van der Waals surface area contributed by atoms with Crippen LogP contribution in [0.1, 0.15) is 15.9 Å². The standard InChI is InChI=1S/C17H17ClN2O3S/c1-11-3-8-15(14(18)9-11)20-16(21)10-19-17(22)12-4-6-13(7-5-12)24(2)23/h3-9H,10H2,1-2H3,(H,19,22)(H,20,21). The molecule has 1 unspecified atom stereocenters. The second kappa shape index (κ2) is 8.08. The van der Waals surface area contributed by atoms with Crippen LogP contribution in [-0.2, 0) is 15.6 Å². The molecule has 0 aromatic heterocycles. The summed E-state index contributed by atoms with van der Waals surface area (Å²) in [6.07, 6.45) is 1.57. The number of hydrogen-bond donors (Lipinski definition) is 2. The monoisotopic (exact) mass is 364 g/mol. The van der Waals surface area contributed by atoms with Gasteiger partial charge in [-0.2, -0.15) is 0 Å². The van der Waals surface area contributed by atoms with Crippen LogP contribution < -0.4 is 10.6 Å². The molecule has 2 aromatic carbocycles. The summed E-state index contributed by atoms with van der Waals surface area (Å²) in [7, 11) is -1.10. The predicted octanol–water partition coefficient (Wildman–Crippen LogP) is 2.75.